The van der Waals surface area contributed by atoms with Gasteiger partial charge in [-0.05, 0) is 11.8 Å². The molecule has 1 aromatic heterocycles. The van der Waals surface area contributed by atoms with Gasteiger partial charge in [0.05, 0.1) is 16.8 Å². The highest BCUT2D eigenvalue weighted by Crippen LogP contribution is 2.45. The lowest BCUT2D eigenvalue weighted by molar-refractivity contribution is -0.163. The van der Waals surface area contributed by atoms with Crippen molar-refractivity contribution in [2.75, 3.05) is 6.54 Å². The van der Waals surface area contributed by atoms with Crippen LogP contribution >= 0.6 is 11.3 Å². The van der Waals surface area contributed by atoms with Crippen molar-refractivity contribution in [3.05, 3.63) is 16.6 Å². The zero-order valence-corrected chi connectivity index (χ0v) is 11.8. The average Bonchev–Trinajstić information content (AvgIpc) is 2.86. The molecule has 0 spiro atoms. The lowest BCUT2D eigenvalue weighted by Gasteiger charge is -2.45. The van der Waals surface area contributed by atoms with Crippen LogP contribution in [-0.4, -0.2) is 28.5 Å². The number of carbonyl (C=O) groups is 2. The number of aliphatic carboxylic acids is 1. The van der Waals surface area contributed by atoms with Crippen LogP contribution in [0.5, 0.6) is 0 Å². The maximum atomic E-state index is 12.0. The largest absolute Gasteiger partial charge is 0.481 e. The number of hydrogen-bond acceptors (Lipinski definition) is 4. The summed E-state index contributed by atoms with van der Waals surface area (Å²) in [4.78, 5) is 27.3. The average molecular weight is 282 g/mol. The predicted molar refractivity (Wildman–Crippen MR) is 71.8 cm³/mol. The Balaban J connectivity index is 1.84. The SMILES string of the molecule is CC1C(C)[C@H](C(=O)NCCc2nccs2)[C@@H]1C(=O)O. The molecule has 0 aliphatic heterocycles. The first-order chi connectivity index (χ1) is 9.02. The van der Waals surface area contributed by atoms with Gasteiger partial charge in [-0.2, -0.15) is 0 Å². The Morgan fingerprint density at radius 2 is 2.05 bits per heavy atom. The van der Waals surface area contributed by atoms with Crippen LogP contribution in [0.1, 0.15) is 18.9 Å². The monoisotopic (exact) mass is 282 g/mol. The molecule has 1 fully saturated rings. The molecule has 0 saturated heterocycles. The molecule has 5 nitrogen and oxygen atoms in total. The summed E-state index contributed by atoms with van der Waals surface area (Å²) < 4.78 is 0. The maximum absolute atomic E-state index is 12.0. The van der Waals surface area contributed by atoms with E-state index < -0.39 is 17.8 Å². The number of hydrogen-bond donors (Lipinski definition) is 2. The second kappa shape index (κ2) is 5.69. The predicted octanol–water partition coefficient (Wildman–Crippen LogP) is 1.40. The Kier molecular flexibility index (Phi) is 4.19. The second-order valence-electron chi connectivity index (χ2n) is 5.07. The molecule has 19 heavy (non-hydrogen) atoms. The summed E-state index contributed by atoms with van der Waals surface area (Å²) in [5, 5.41) is 14.8. The van der Waals surface area contributed by atoms with Gasteiger partial charge in [-0.15, -0.1) is 11.3 Å². The van der Waals surface area contributed by atoms with Crippen LogP contribution in [0, 0.1) is 23.7 Å². The van der Waals surface area contributed by atoms with E-state index in [1.54, 1.807) is 17.5 Å². The molecule has 0 radical (unpaired) electrons. The van der Waals surface area contributed by atoms with E-state index in [1.807, 2.05) is 19.2 Å². The van der Waals surface area contributed by atoms with E-state index in [9.17, 15) is 9.59 Å². The maximum Gasteiger partial charge on any atom is 0.307 e. The van der Waals surface area contributed by atoms with E-state index >= 15 is 0 Å². The molecule has 104 valence electrons. The molecule has 1 heterocycles. The molecular weight excluding hydrogens is 264 g/mol. The van der Waals surface area contributed by atoms with Crippen molar-refractivity contribution in [1.82, 2.24) is 10.3 Å². The minimum Gasteiger partial charge on any atom is -0.481 e. The van der Waals surface area contributed by atoms with E-state index in [1.165, 1.54) is 0 Å². The van der Waals surface area contributed by atoms with Gasteiger partial charge in [-0.1, -0.05) is 13.8 Å². The molecule has 2 rings (SSSR count). The third-order valence-electron chi connectivity index (χ3n) is 4.06. The molecular formula is C13H18N2O3S. The van der Waals surface area contributed by atoms with Crippen molar-refractivity contribution in [3.63, 3.8) is 0 Å². The number of thiazole rings is 1. The molecule has 1 aliphatic carbocycles. The Morgan fingerprint density at radius 1 is 1.37 bits per heavy atom. The summed E-state index contributed by atoms with van der Waals surface area (Å²) >= 11 is 1.55. The van der Waals surface area contributed by atoms with Crippen LogP contribution < -0.4 is 5.32 Å². The standard InChI is InChI=1S/C13H18N2O3S/c1-7-8(2)11(13(17)18)10(7)12(16)15-4-3-9-14-5-6-19-9/h5-8,10-11H,3-4H2,1-2H3,(H,15,16)(H,17,18)/t7?,8?,10-,11+/m0/s1. The Morgan fingerprint density at radius 3 is 2.63 bits per heavy atom. The lowest BCUT2D eigenvalue weighted by atomic mass is 9.57. The Bertz CT molecular complexity index is 460. The van der Waals surface area contributed by atoms with Gasteiger partial charge in [0.15, 0.2) is 0 Å². The van der Waals surface area contributed by atoms with Gasteiger partial charge < -0.3 is 10.4 Å². The normalized spacial score (nSPS) is 29.6. The molecule has 1 amide bonds. The molecule has 0 aromatic carbocycles. The fraction of sp³-hybridized carbons (Fsp3) is 0.615. The van der Waals surface area contributed by atoms with E-state index in [2.05, 4.69) is 10.3 Å². The zero-order chi connectivity index (χ0) is 14.0. The van der Waals surface area contributed by atoms with Crippen molar-refractivity contribution < 1.29 is 14.7 Å². The zero-order valence-electron chi connectivity index (χ0n) is 11.0. The number of carboxylic acids is 1. The van der Waals surface area contributed by atoms with E-state index in [0.29, 0.717) is 13.0 Å². The Labute approximate surface area is 116 Å². The van der Waals surface area contributed by atoms with Crippen LogP contribution in [0.15, 0.2) is 11.6 Å². The summed E-state index contributed by atoms with van der Waals surface area (Å²) in [6.45, 7) is 4.34. The van der Waals surface area contributed by atoms with Crippen molar-refractivity contribution in [3.8, 4) is 0 Å². The van der Waals surface area contributed by atoms with Gasteiger partial charge in [-0.25, -0.2) is 4.98 Å². The first kappa shape index (κ1) is 14.0. The van der Waals surface area contributed by atoms with Gasteiger partial charge in [0.1, 0.15) is 0 Å². The number of carbonyl (C=O) groups excluding carboxylic acids is 1. The van der Waals surface area contributed by atoms with Crippen molar-refractivity contribution >= 4 is 23.2 Å². The van der Waals surface area contributed by atoms with Crippen molar-refractivity contribution in [2.45, 2.75) is 20.3 Å². The topological polar surface area (TPSA) is 79.3 Å². The fourth-order valence-electron chi connectivity index (χ4n) is 2.73. The molecule has 0 bridgehead atoms. The third kappa shape index (κ3) is 2.78. The summed E-state index contributed by atoms with van der Waals surface area (Å²) in [6, 6.07) is 0. The minimum atomic E-state index is -0.870. The molecule has 1 aliphatic rings. The first-order valence-electron chi connectivity index (χ1n) is 6.41. The summed E-state index contributed by atoms with van der Waals surface area (Å²) in [7, 11) is 0. The molecule has 6 heteroatoms. The summed E-state index contributed by atoms with van der Waals surface area (Å²) in [5.41, 5.74) is 0. The number of amides is 1. The fourth-order valence-corrected chi connectivity index (χ4v) is 3.35. The van der Waals surface area contributed by atoms with Gasteiger partial charge >= 0.3 is 5.97 Å². The van der Waals surface area contributed by atoms with Crippen molar-refractivity contribution in [1.29, 1.82) is 0 Å². The van der Waals surface area contributed by atoms with Crippen LogP contribution in [-0.2, 0) is 16.0 Å². The molecule has 2 N–H and O–H groups in total. The highest BCUT2D eigenvalue weighted by atomic mass is 32.1. The highest BCUT2D eigenvalue weighted by Gasteiger charge is 2.52. The molecule has 1 aromatic rings. The van der Waals surface area contributed by atoms with Gasteiger partial charge in [0.25, 0.3) is 0 Å². The summed E-state index contributed by atoms with van der Waals surface area (Å²) in [5.74, 6) is -1.77. The molecule has 4 atom stereocenters. The van der Waals surface area contributed by atoms with Gasteiger partial charge in [0, 0.05) is 24.5 Å². The summed E-state index contributed by atoms with van der Waals surface area (Å²) in [6.07, 6.45) is 2.43. The van der Waals surface area contributed by atoms with Crippen LogP contribution in [0.2, 0.25) is 0 Å². The van der Waals surface area contributed by atoms with Crippen molar-refractivity contribution in [2.24, 2.45) is 23.7 Å². The van der Waals surface area contributed by atoms with Gasteiger partial charge in [0.2, 0.25) is 5.91 Å². The number of rotatable bonds is 5. The quantitative estimate of drug-likeness (QED) is 0.855. The lowest BCUT2D eigenvalue weighted by Crippen LogP contribution is -2.55. The number of aromatic nitrogens is 1. The van der Waals surface area contributed by atoms with E-state index in [0.717, 1.165) is 5.01 Å². The van der Waals surface area contributed by atoms with Gasteiger partial charge in [-0.3, -0.25) is 9.59 Å². The van der Waals surface area contributed by atoms with Crippen LogP contribution in [0.25, 0.3) is 0 Å². The Hall–Kier alpha value is -1.43. The van der Waals surface area contributed by atoms with E-state index in [-0.39, 0.29) is 17.7 Å². The number of nitrogens with one attached hydrogen (secondary N) is 1. The number of nitrogens with zero attached hydrogens (tertiary/aromatic N) is 1. The smallest absolute Gasteiger partial charge is 0.307 e. The van der Waals surface area contributed by atoms with E-state index in [4.69, 9.17) is 5.11 Å². The first-order valence-corrected chi connectivity index (χ1v) is 7.29. The second-order valence-corrected chi connectivity index (χ2v) is 6.05. The highest BCUT2D eigenvalue weighted by molar-refractivity contribution is 7.09. The minimum absolute atomic E-state index is 0.0622. The third-order valence-corrected chi connectivity index (χ3v) is 4.90. The van der Waals surface area contributed by atoms with Crippen LogP contribution in [0.4, 0.5) is 0 Å². The molecule has 2 unspecified atom stereocenters. The van der Waals surface area contributed by atoms with Crippen LogP contribution in [0.3, 0.4) is 0 Å². The molecule has 1 saturated carbocycles. The number of carboxylic acid groups (broad SMARTS) is 1.